The van der Waals surface area contributed by atoms with E-state index in [1.165, 1.54) is 12.5 Å². The van der Waals surface area contributed by atoms with Crippen LogP contribution < -0.4 is 14.8 Å². The molecule has 1 aliphatic carbocycles. The molecule has 1 N–H and O–H groups in total. The molecule has 1 aromatic rings. The average Bonchev–Trinajstić information content (AvgIpc) is 2.37. The number of carbonyl (C=O) groups excluding carboxylic acids is 1. The first-order valence-electron chi connectivity index (χ1n) is 5.88. The molecule has 4 heteroatoms. The van der Waals surface area contributed by atoms with Crippen LogP contribution in [-0.4, -0.2) is 20.1 Å². The van der Waals surface area contributed by atoms with Crippen LogP contribution >= 0.6 is 0 Å². The van der Waals surface area contributed by atoms with Gasteiger partial charge in [0.05, 0.1) is 14.2 Å². The Morgan fingerprint density at radius 2 is 1.89 bits per heavy atom. The van der Waals surface area contributed by atoms with Crippen LogP contribution in [0.5, 0.6) is 11.5 Å². The molecule has 0 saturated heterocycles. The predicted molar refractivity (Wildman–Crippen MR) is 69.7 cm³/mol. The number of allylic oxidation sites excluding steroid dienone is 1. The number of rotatable bonds is 3. The highest BCUT2D eigenvalue weighted by molar-refractivity contribution is 5.86. The Bertz CT molecular complexity index is 506. The quantitative estimate of drug-likeness (QED) is 0.890. The number of amides is 1. The van der Waals surface area contributed by atoms with Crippen molar-refractivity contribution in [3.63, 3.8) is 0 Å². The second kappa shape index (κ2) is 5.12. The molecule has 0 aliphatic heterocycles. The van der Waals surface area contributed by atoms with Crippen molar-refractivity contribution in [3.05, 3.63) is 29.3 Å². The van der Waals surface area contributed by atoms with E-state index >= 15 is 0 Å². The van der Waals surface area contributed by atoms with E-state index in [0.29, 0.717) is 5.75 Å². The van der Waals surface area contributed by atoms with Crippen molar-refractivity contribution < 1.29 is 14.3 Å². The molecule has 0 fully saturated rings. The molecule has 2 rings (SSSR count). The highest BCUT2D eigenvalue weighted by Crippen LogP contribution is 2.35. The second-order valence-corrected chi connectivity index (χ2v) is 4.20. The maximum Gasteiger partial charge on any atom is 0.221 e. The van der Waals surface area contributed by atoms with Crippen LogP contribution in [0.25, 0.3) is 5.70 Å². The van der Waals surface area contributed by atoms with Crippen LogP contribution in [0.15, 0.2) is 18.2 Å². The maximum absolute atomic E-state index is 11.2. The minimum Gasteiger partial charge on any atom is -0.493 e. The smallest absolute Gasteiger partial charge is 0.221 e. The predicted octanol–water partition coefficient (Wildman–Crippen LogP) is 2.13. The molecule has 0 atom stereocenters. The summed E-state index contributed by atoms with van der Waals surface area (Å²) in [5.41, 5.74) is 3.03. The first kappa shape index (κ1) is 12.5. The Morgan fingerprint density at radius 3 is 2.50 bits per heavy atom. The molecule has 1 amide bonds. The molecule has 18 heavy (non-hydrogen) atoms. The van der Waals surface area contributed by atoms with Crippen LogP contribution in [0.4, 0.5) is 0 Å². The van der Waals surface area contributed by atoms with Crippen molar-refractivity contribution in [2.75, 3.05) is 14.2 Å². The lowest BCUT2D eigenvalue weighted by molar-refractivity contribution is -0.117. The molecule has 0 aromatic heterocycles. The molecule has 0 unspecified atom stereocenters. The SMILES string of the molecule is COc1cc2c(cc1OC)C(NC(C)=O)=CCC2. The minimum absolute atomic E-state index is 0.0658. The van der Waals surface area contributed by atoms with Crippen molar-refractivity contribution in [2.45, 2.75) is 19.8 Å². The zero-order valence-corrected chi connectivity index (χ0v) is 10.9. The van der Waals surface area contributed by atoms with Gasteiger partial charge in [-0.25, -0.2) is 0 Å². The molecular formula is C14H17NO3. The Labute approximate surface area is 107 Å². The molecule has 0 radical (unpaired) electrons. The van der Waals surface area contributed by atoms with Crippen LogP contribution in [0.2, 0.25) is 0 Å². The third kappa shape index (κ3) is 2.32. The lowest BCUT2D eigenvalue weighted by Gasteiger charge is -2.20. The summed E-state index contributed by atoms with van der Waals surface area (Å²) in [4.78, 5) is 11.2. The van der Waals surface area contributed by atoms with Gasteiger partial charge in [0, 0.05) is 18.2 Å². The van der Waals surface area contributed by atoms with Gasteiger partial charge in [-0.15, -0.1) is 0 Å². The van der Waals surface area contributed by atoms with Crippen molar-refractivity contribution in [1.29, 1.82) is 0 Å². The van der Waals surface area contributed by atoms with E-state index in [1.54, 1.807) is 14.2 Å². The molecular weight excluding hydrogens is 230 g/mol. The van der Waals surface area contributed by atoms with Gasteiger partial charge in [-0.05, 0) is 30.5 Å². The van der Waals surface area contributed by atoms with Crippen LogP contribution in [-0.2, 0) is 11.2 Å². The number of nitrogens with one attached hydrogen (secondary N) is 1. The van der Waals surface area contributed by atoms with E-state index in [-0.39, 0.29) is 5.91 Å². The van der Waals surface area contributed by atoms with E-state index in [4.69, 9.17) is 9.47 Å². The summed E-state index contributed by atoms with van der Waals surface area (Å²) in [6, 6.07) is 3.89. The fraction of sp³-hybridized carbons (Fsp3) is 0.357. The first-order valence-corrected chi connectivity index (χ1v) is 5.88. The third-order valence-corrected chi connectivity index (χ3v) is 2.97. The topological polar surface area (TPSA) is 47.6 Å². The first-order chi connectivity index (χ1) is 8.65. The summed E-state index contributed by atoms with van der Waals surface area (Å²) < 4.78 is 10.6. The Kier molecular flexibility index (Phi) is 3.55. The molecule has 0 heterocycles. The maximum atomic E-state index is 11.2. The molecule has 96 valence electrons. The molecule has 1 aliphatic rings. The second-order valence-electron chi connectivity index (χ2n) is 4.20. The van der Waals surface area contributed by atoms with Gasteiger partial charge in [-0.3, -0.25) is 4.79 Å². The van der Waals surface area contributed by atoms with E-state index in [1.807, 2.05) is 18.2 Å². The zero-order valence-electron chi connectivity index (χ0n) is 10.9. The number of carbonyl (C=O) groups is 1. The number of benzene rings is 1. The summed E-state index contributed by atoms with van der Waals surface area (Å²) in [6.45, 7) is 1.51. The Morgan fingerprint density at radius 1 is 1.22 bits per heavy atom. The van der Waals surface area contributed by atoms with E-state index < -0.39 is 0 Å². The van der Waals surface area contributed by atoms with Crippen molar-refractivity contribution in [2.24, 2.45) is 0 Å². The summed E-state index contributed by atoms with van der Waals surface area (Å²) in [6.07, 6.45) is 3.90. The van der Waals surface area contributed by atoms with Gasteiger partial charge >= 0.3 is 0 Å². The molecule has 0 spiro atoms. The highest BCUT2D eigenvalue weighted by atomic mass is 16.5. The van der Waals surface area contributed by atoms with Crippen molar-refractivity contribution in [3.8, 4) is 11.5 Å². The summed E-state index contributed by atoms with van der Waals surface area (Å²) in [7, 11) is 3.23. The van der Waals surface area contributed by atoms with Crippen molar-refractivity contribution in [1.82, 2.24) is 5.32 Å². The number of ether oxygens (including phenoxy) is 2. The fourth-order valence-electron chi connectivity index (χ4n) is 2.17. The molecule has 4 nitrogen and oxygen atoms in total. The van der Waals surface area contributed by atoms with Crippen LogP contribution in [0.1, 0.15) is 24.5 Å². The fourth-order valence-corrected chi connectivity index (χ4v) is 2.17. The highest BCUT2D eigenvalue weighted by Gasteiger charge is 2.17. The van der Waals surface area contributed by atoms with Gasteiger partial charge in [0.1, 0.15) is 0 Å². The van der Waals surface area contributed by atoms with E-state index in [0.717, 1.165) is 29.9 Å². The number of hydrogen-bond acceptors (Lipinski definition) is 3. The van der Waals surface area contributed by atoms with E-state index in [9.17, 15) is 4.79 Å². The van der Waals surface area contributed by atoms with Gasteiger partial charge < -0.3 is 14.8 Å². The minimum atomic E-state index is -0.0658. The molecule has 0 saturated carbocycles. The Balaban J connectivity index is 2.46. The van der Waals surface area contributed by atoms with E-state index in [2.05, 4.69) is 5.32 Å². The largest absolute Gasteiger partial charge is 0.493 e. The van der Waals surface area contributed by atoms with Crippen molar-refractivity contribution >= 4 is 11.6 Å². The summed E-state index contributed by atoms with van der Waals surface area (Å²) in [5, 5.41) is 2.85. The standard InChI is InChI=1S/C14H17NO3/c1-9(16)15-12-6-4-5-10-7-13(17-2)14(18-3)8-11(10)12/h6-8H,4-5H2,1-3H3,(H,15,16). The average molecular weight is 247 g/mol. The molecule has 0 bridgehead atoms. The van der Waals surface area contributed by atoms with Crippen LogP contribution in [0, 0.1) is 0 Å². The number of methoxy groups -OCH3 is 2. The normalized spacial score (nSPS) is 13.4. The Hall–Kier alpha value is -1.97. The number of fused-ring (bicyclic) bond motifs is 1. The number of aryl methyl sites for hydroxylation is 1. The van der Waals surface area contributed by atoms with Gasteiger partial charge in [0.25, 0.3) is 0 Å². The lowest BCUT2D eigenvalue weighted by Crippen LogP contribution is -2.20. The lowest BCUT2D eigenvalue weighted by atomic mass is 9.94. The zero-order chi connectivity index (χ0) is 13.1. The molecule has 1 aromatic carbocycles. The van der Waals surface area contributed by atoms with Crippen LogP contribution in [0.3, 0.4) is 0 Å². The van der Waals surface area contributed by atoms with Gasteiger partial charge in [-0.2, -0.15) is 0 Å². The monoisotopic (exact) mass is 247 g/mol. The summed E-state index contributed by atoms with van der Waals surface area (Å²) >= 11 is 0. The van der Waals surface area contributed by atoms with Gasteiger partial charge in [-0.1, -0.05) is 6.08 Å². The summed E-state index contributed by atoms with van der Waals surface area (Å²) in [5.74, 6) is 1.33. The third-order valence-electron chi connectivity index (χ3n) is 2.97. The van der Waals surface area contributed by atoms with Gasteiger partial charge in [0.15, 0.2) is 11.5 Å². The number of hydrogen-bond donors (Lipinski definition) is 1. The van der Waals surface area contributed by atoms with Gasteiger partial charge in [0.2, 0.25) is 5.91 Å².